The van der Waals surface area contributed by atoms with Crippen molar-refractivity contribution >= 4 is 17.8 Å². The average molecular weight is 137 g/mol. The minimum absolute atomic E-state index is 0.516. The van der Waals surface area contributed by atoms with Gasteiger partial charge in [0.1, 0.15) is 0 Å². The van der Waals surface area contributed by atoms with Crippen molar-refractivity contribution in [3.05, 3.63) is 18.5 Å². The minimum atomic E-state index is 0.516. The van der Waals surface area contributed by atoms with Gasteiger partial charge >= 0.3 is 0 Å². The molecule has 0 radical (unpaired) electrons. The van der Waals surface area contributed by atoms with Gasteiger partial charge in [0.25, 0.3) is 0 Å². The smallest absolute Gasteiger partial charge is 0.211 e. The van der Waals surface area contributed by atoms with E-state index in [2.05, 4.69) is 10.3 Å². The van der Waals surface area contributed by atoms with Gasteiger partial charge in [0.05, 0.1) is 17.6 Å². The molecule has 1 aromatic rings. The van der Waals surface area contributed by atoms with Crippen molar-refractivity contribution in [3.63, 3.8) is 0 Å². The summed E-state index contributed by atoms with van der Waals surface area (Å²) in [5.41, 5.74) is 6.50. The van der Waals surface area contributed by atoms with Gasteiger partial charge < -0.3 is 11.1 Å². The Kier molecular flexibility index (Phi) is 1.84. The lowest BCUT2D eigenvalue weighted by atomic mass is 10.3. The highest BCUT2D eigenvalue weighted by atomic mass is 16.1. The predicted octanol–water partition coefficient (Wildman–Crippen LogP) is 0.232. The predicted molar refractivity (Wildman–Crippen MR) is 38.3 cm³/mol. The van der Waals surface area contributed by atoms with Crippen LogP contribution in [0.15, 0.2) is 18.5 Å². The monoisotopic (exact) mass is 137 g/mol. The molecule has 0 aromatic carbocycles. The van der Waals surface area contributed by atoms with E-state index in [0.717, 1.165) is 0 Å². The van der Waals surface area contributed by atoms with Crippen LogP contribution in [0.3, 0.4) is 0 Å². The molecular formula is C6H7N3O. The molecule has 0 aliphatic rings. The van der Waals surface area contributed by atoms with E-state index in [4.69, 9.17) is 5.73 Å². The van der Waals surface area contributed by atoms with E-state index in [1.54, 1.807) is 12.3 Å². The number of pyridine rings is 1. The van der Waals surface area contributed by atoms with Gasteiger partial charge in [0.15, 0.2) is 0 Å². The van der Waals surface area contributed by atoms with Crippen LogP contribution in [0.1, 0.15) is 0 Å². The van der Waals surface area contributed by atoms with Crippen molar-refractivity contribution in [3.8, 4) is 0 Å². The number of nitrogens with two attached hydrogens (primary N) is 1. The molecule has 1 amide bonds. The fourth-order valence-electron chi connectivity index (χ4n) is 0.589. The van der Waals surface area contributed by atoms with Crippen LogP contribution in [-0.2, 0) is 4.79 Å². The summed E-state index contributed by atoms with van der Waals surface area (Å²) in [7, 11) is 0. The van der Waals surface area contributed by atoms with Crippen LogP contribution in [0.25, 0.3) is 0 Å². The number of anilines is 2. The highest BCUT2D eigenvalue weighted by Gasteiger charge is 1.93. The molecule has 0 saturated carbocycles. The molecule has 52 valence electrons. The maximum Gasteiger partial charge on any atom is 0.211 e. The van der Waals surface area contributed by atoms with Crippen molar-refractivity contribution in [2.45, 2.75) is 0 Å². The number of amides is 1. The first-order chi connectivity index (χ1) is 4.84. The van der Waals surface area contributed by atoms with Crippen LogP contribution in [0, 0.1) is 0 Å². The highest BCUT2D eigenvalue weighted by molar-refractivity contribution is 5.78. The molecule has 3 N–H and O–H groups in total. The van der Waals surface area contributed by atoms with Crippen LogP contribution >= 0.6 is 0 Å². The van der Waals surface area contributed by atoms with E-state index in [9.17, 15) is 4.79 Å². The van der Waals surface area contributed by atoms with Gasteiger partial charge in [0, 0.05) is 6.20 Å². The Morgan fingerprint density at radius 2 is 2.50 bits per heavy atom. The SMILES string of the molecule is Nc1ccncc1NC=O. The van der Waals surface area contributed by atoms with Crippen LogP contribution in [0.4, 0.5) is 11.4 Å². The van der Waals surface area contributed by atoms with Crippen LogP contribution in [0.2, 0.25) is 0 Å². The molecule has 0 fully saturated rings. The first-order valence-electron chi connectivity index (χ1n) is 2.74. The molecule has 4 nitrogen and oxygen atoms in total. The maximum atomic E-state index is 9.93. The second-order valence-electron chi connectivity index (χ2n) is 1.73. The lowest BCUT2D eigenvalue weighted by Gasteiger charge is -1.99. The van der Waals surface area contributed by atoms with Gasteiger partial charge in [-0.3, -0.25) is 9.78 Å². The topological polar surface area (TPSA) is 68.0 Å². The fraction of sp³-hybridized carbons (Fsp3) is 0. The van der Waals surface area contributed by atoms with Crippen LogP contribution in [0.5, 0.6) is 0 Å². The van der Waals surface area contributed by atoms with E-state index in [1.165, 1.54) is 6.20 Å². The highest BCUT2D eigenvalue weighted by Crippen LogP contribution is 2.12. The average Bonchev–Trinajstić information content (AvgIpc) is 1.94. The zero-order valence-electron chi connectivity index (χ0n) is 5.24. The molecule has 0 spiro atoms. The molecule has 0 aliphatic heterocycles. The molecular weight excluding hydrogens is 130 g/mol. The number of hydrogen-bond donors (Lipinski definition) is 2. The lowest BCUT2D eigenvalue weighted by molar-refractivity contribution is -0.105. The third kappa shape index (κ3) is 1.22. The zero-order valence-corrected chi connectivity index (χ0v) is 5.24. The molecule has 10 heavy (non-hydrogen) atoms. The Morgan fingerprint density at radius 1 is 1.70 bits per heavy atom. The van der Waals surface area contributed by atoms with Gasteiger partial charge in [-0.2, -0.15) is 0 Å². The van der Waals surface area contributed by atoms with Gasteiger partial charge in [-0.05, 0) is 6.07 Å². The largest absolute Gasteiger partial charge is 0.397 e. The minimum Gasteiger partial charge on any atom is -0.397 e. The Hall–Kier alpha value is -1.58. The molecule has 4 heteroatoms. The number of rotatable bonds is 2. The summed E-state index contributed by atoms with van der Waals surface area (Å²) < 4.78 is 0. The quantitative estimate of drug-likeness (QED) is 0.573. The van der Waals surface area contributed by atoms with Gasteiger partial charge in [-0.1, -0.05) is 0 Å². The van der Waals surface area contributed by atoms with Gasteiger partial charge in [0.2, 0.25) is 6.41 Å². The van der Waals surface area contributed by atoms with E-state index in [0.29, 0.717) is 17.8 Å². The number of hydrogen-bond acceptors (Lipinski definition) is 3. The number of carbonyl (C=O) groups excluding carboxylic acids is 1. The number of carbonyl (C=O) groups is 1. The van der Waals surface area contributed by atoms with E-state index < -0.39 is 0 Å². The number of nitrogens with one attached hydrogen (secondary N) is 1. The molecule has 1 aromatic heterocycles. The van der Waals surface area contributed by atoms with E-state index >= 15 is 0 Å². The summed E-state index contributed by atoms with van der Waals surface area (Å²) in [6, 6.07) is 1.62. The van der Waals surface area contributed by atoms with Crippen LogP contribution < -0.4 is 11.1 Å². The number of nitrogen functional groups attached to an aromatic ring is 1. The first kappa shape index (κ1) is 6.54. The Labute approximate surface area is 58.1 Å². The first-order valence-corrected chi connectivity index (χ1v) is 2.74. The lowest BCUT2D eigenvalue weighted by Crippen LogP contribution is -1.98. The summed E-state index contributed by atoms with van der Waals surface area (Å²) in [4.78, 5) is 13.7. The van der Waals surface area contributed by atoms with E-state index in [-0.39, 0.29) is 0 Å². The molecule has 0 aliphatic carbocycles. The molecule has 1 heterocycles. The third-order valence-corrected chi connectivity index (χ3v) is 1.07. The Balaban J connectivity index is 2.91. The summed E-state index contributed by atoms with van der Waals surface area (Å²) in [6.45, 7) is 0. The maximum absolute atomic E-state index is 9.93. The standard InChI is InChI=1S/C6H7N3O/c7-5-1-2-8-3-6(5)9-4-10/h1-4H,(H2,7,8)(H,9,10). The second kappa shape index (κ2) is 2.82. The zero-order chi connectivity index (χ0) is 7.40. The van der Waals surface area contributed by atoms with Crippen LogP contribution in [-0.4, -0.2) is 11.4 Å². The second-order valence-corrected chi connectivity index (χ2v) is 1.73. The van der Waals surface area contributed by atoms with Crippen molar-refractivity contribution in [2.75, 3.05) is 11.1 Å². The van der Waals surface area contributed by atoms with E-state index in [1.807, 2.05) is 0 Å². The third-order valence-electron chi connectivity index (χ3n) is 1.07. The Bertz CT molecular complexity index is 236. The normalized spacial score (nSPS) is 8.80. The van der Waals surface area contributed by atoms with Crippen molar-refractivity contribution in [1.82, 2.24) is 4.98 Å². The van der Waals surface area contributed by atoms with Crippen molar-refractivity contribution in [2.24, 2.45) is 0 Å². The fourth-order valence-corrected chi connectivity index (χ4v) is 0.589. The van der Waals surface area contributed by atoms with Crippen molar-refractivity contribution < 1.29 is 4.79 Å². The summed E-state index contributed by atoms with van der Waals surface area (Å²) in [6.07, 6.45) is 3.61. The summed E-state index contributed by atoms with van der Waals surface area (Å²) >= 11 is 0. The van der Waals surface area contributed by atoms with Crippen molar-refractivity contribution in [1.29, 1.82) is 0 Å². The molecule has 0 bridgehead atoms. The summed E-state index contributed by atoms with van der Waals surface area (Å²) in [5, 5.41) is 2.41. The number of nitrogens with zero attached hydrogens (tertiary/aromatic N) is 1. The van der Waals surface area contributed by atoms with Gasteiger partial charge in [-0.15, -0.1) is 0 Å². The number of aromatic nitrogens is 1. The summed E-state index contributed by atoms with van der Waals surface area (Å²) in [5.74, 6) is 0. The molecule has 1 rings (SSSR count). The van der Waals surface area contributed by atoms with Gasteiger partial charge in [-0.25, -0.2) is 0 Å². The molecule has 0 unspecified atom stereocenters. The molecule has 0 atom stereocenters. The molecule has 0 saturated heterocycles. The Morgan fingerprint density at radius 3 is 3.10 bits per heavy atom.